The number of carbonyl (C=O) groups excluding carboxylic acids is 3. The standard InChI is InChI=1S/C25H26N6O3/c1-28-11-3-6-21(28)25(34)30-14-12-29(13-15-30)24(33)17-7-9-18(10-8-17)31-16-27-20-5-2-4-19(22(20)31)23(26)32/h2-11,27H,12-16H2,1H3,(H2,26,32). The maximum atomic E-state index is 13.1. The smallest absolute Gasteiger partial charge is 0.270 e. The average Bonchev–Trinajstić information content (AvgIpc) is 3.49. The van der Waals surface area contributed by atoms with Gasteiger partial charge in [0, 0.05) is 50.7 Å². The first-order chi connectivity index (χ1) is 16.4. The third-order valence-corrected chi connectivity index (χ3v) is 6.44. The van der Waals surface area contributed by atoms with E-state index >= 15 is 0 Å². The molecule has 0 spiro atoms. The number of carbonyl (C=O) groups is 3. The normalized spacial score (nSPS) is 15.1. The molecule has 2 aliphatic rings. The topological polar surface area (TPSA) is 104 Å². The lowest BCUT2D eigenvalue weighted by atomic mass is 10.1. The van der Waals surface area contributed by atoms with E-state index in [1.54, 1.807) is 34.1 Å². The Morgan fingerprint density at radius 1 is 0.853 bits per heavy atom. The van der Waals surface area contributed by atoms with Crippen molar-refractivity contribution in [3.63, 3.8) is 0 Å². The summed E-state index contributed by atoms with van der Waals surface area (Å²) in [6.07, 6.45) is 1.85. The van der Waals surface area contributed by atoms with Crippen LogP contribution in [0.15, 0.2) is 60.8 Å². The molecule has 0 saturated carbocycles. The zero-order valence-corrected chi connectivity index (χ0v) is 18.9. The molecule has 174 valence electrons. The number of aromatic nitrogens is 1. The number of nitrogens with two attached hydrogens (primary N) is 1. The van der Waals surface area contributed by atoms with E-state index in [1.807, 2.05) is 53.0 Å². The van der Waals surface area contributed by atoms with Crippen LogP contribution in [0.1, 0.15) is 31.2 Å². The quantitative estimate of drug-likeness (QED) is 0.624. The van der Waals surface area contributed by atoms with Gasteiger partial charge in [-0.2, -0.15) is 0 Å². The van der Waals surface area contributed by atoms with Gasteiger partial charge in [-0.25, -0.2) is 0 Å². The van der Waals surface area contributed by atoms with Gasteiger partial charge in [0.25, 0.3) is 17.7 Å². The van der Waals surface area contributed by atoms with E-state index in [1.165, 1.54) is 0 Å². The number of piperazine rings is 1. The monoisotopic (exact) mass is 458 g/mol. The van der Waals surface area contributed by atoms with Crippen LogP contribution in [0, 0.1) is 0 Å². The van der Waals surface area contributed by atoms with Crippen molar-refractivity contribution in [3.05, 3.63) is 77.6 Å². The summed E-state index contributed by atoms with van der Waals surface area (Å²) < 4.78 is 1.81. The van der Waals surface area contributed by atoms with Crippen molar-refractivity contribution in [3.8, 4) is 0 Å². The molecule has 3 amide bonds. The van der Waals surface area contributed by atoms with E-state index < -0.39 is 5.91 Å². The first-order valence-electron chi connectivity index (χ1n) is 11.2. The van der Waals surface area contributed by atoms with E-state index in [4.69, 9.17) is 5.73 Å². The number of primary amides is 1. The van der Waals surface area contributed by atoms with Gasteiger partial charge in [-0.15, -0.1) is 0 Å². The molecule has 1 saturated heterocycles. The highest BCUT2D eigenvalue weighted by molar-refractivity contribution is 6.04. The number of amides is 3. The van der Waals surface area contributed by atoms with Crippen LogP contribution in [0.2, 0.25) is 0 Å². The minimum Gasteiger partial charge on any atom is -0.366 e. The Hall–Kier alpha value is -4.27. The number of rotatable bonds is 4. The second-order valence-corrected chi connectivity index (χ2v) is 8.46. The largest absolute Gasteiger partial charge is 0.366 e. The van der Waals surface area contributed by atoms with Gasteiger partial charge in [-0.3, -0.25) is 14.4 Å². The van der Waals surface area contributed by atoms with Crippen LogP contribution >= 0.6 is 0 Å². The molecule has 5 rings (SSSR count). The van der Waals surface area contributed by atoms with E-state index in [2.05, 4.69) is 5.32 Å². The predicted molar refractivity (Wildman–Crippen MR) is 129 cm³/mol. The molecule has 3 N–H and O–H groups in total. The van der Waals surface area contributed by atoms with Gasteiger partial charge < -0.3 is 30.3 Å². The van der Waals surface area contributed by atoms with E-state index in [0.717, 1.165) is 17.1 Å². The van der Waals surface area contributed by atoms with E-state index in [0.29, 0.717) is 49.7 Å². The molecule has 0 unspecified atom stereocenters. The number of para-hydroxylation sites is 1. The number of fused-ring (bicyclic) bond motifs is 1. The zero-order chi connectivity index (χ0) is 23.8. The van der Waals surface area contributed by atoms with E-state index in [-0.39, 0.29) is 11.8 Å². The highest BCUT2D eigenvalue weighted by atomic mass is 16.2. The van der Waals surface area contributed by atoms with Gasteiger partial charge >= 0.3 is 0 Å². The van der Waals surface area contributed by atoms with Gasteiger partial charge in [0.2, 0.25) is 0 Å². The molecule has 2 aliphatic heterocycles. The number of nitrogens with one attached hydrogen (secondary N) is 1. The Morgan fingerprint density at radius 2 is 1.53 bits per heavy atom. The maximum Gasteiger partial charge on any atom is 0.270 e. The number of hydrogen-bond acceptors (Lipinski definition) is 5. The van der Waals surface area contributed by atoms with E-state index in [9.17, 15) is 14.4 Å². The summed E-state index contributed by atoms with van der Waals surface area (Å²) in [5, 5.41) is 3.27. The first-order valence-corrected chi connectivity index (χ1v) is 11.2. The lowest BCUT2D eigenvalue weighted by molar-refractivity contribution is 0.0530. The minimum absolute atomic E-state index is 0.0150. The van der Waals surface area contributed by atoms with Crippen LogP contribution in [0.5, 0.6) is 0 Å². The summed E-state index contributed by atoms with van der Waals surface area (Å²) in [5.41, 5.74) is 9.69. The van der Waals surface area contributed by atoms with Crippen LogP contribution in [0.25, 0.3) is 0 Å². The zero-order valence-electron chi connectivity index (χ0n) is 18.9. The third kappa shape index (κ3) is 3.75. The fourth-order valence-electron chi connectivity index (χ4n) is 4.56. The SMILES string of the molecule is Cn1cccc1C(=O)N1CCN(C(=O)c2ccc(N3CNc4cccc(C(N)=O)c43)cc2)CC1. The summed E-state index contributed by atoms with van der Waals surface area (Å²) in [6, 6.07) is 16.4. The molecule has 2 aromatic carbocycles. The van der Waals surface area contributed by atoms with Crippen molar-refractivity contribution in [1.29, 1.82) is 0 Å². The lowest BCUT2D eigenvalue weighted by Gasteiger charge is -2.35. The number of aryl methyl sites for hydroxylation is 1. The number of benzene rings is 2. The Balaban J connectivity index is 1.26. The number of nitrogens with zero attached hydrogens (tertiary/aromatic N) is 4. The summed E-state index contributed by atoms with van der Waals surface area (Å²) in [4.78, 5) is 43.2. The molecule has 1 fully saturated rings. The molecular formula is C25H26N6O3. The maximum absolute atomic E-state index is 13.1. The Bertz CT molecular complexity index is 1260. The van der Waals surface area contributed by atoms with Crippen molar-refractivity contribution in [2.45, 2.75) is 0 Å². The second-order valence-electron chi connectivity index (χ2n) is 8.46. The highest BCUT2D eigenvalue weighted by Crippen LogP contribution is 2.39. The summed E-state index contributed by atoms with van der Waals surface area (Å²) in [7, 11) is 1.85. The van der Waals surface area contributed by atoms with Gasteiger partial charge in [0.05, 0.1) is 23.6 Å². The molecule has 3 heterocycles. The van der Waals surface area contributed by atoms with Crippen molar-refractivity contribution < 1.29 is 14.4 Å². The van der Waals surface area contributed by atoms with Crippen molar-refractivity contribution in [2.75, 3.05) is 43.1 Å². The van der Waals surface area contributed by atoms with Crippen LogP contribution in [0.3, 0.4) is 0 Å². The Morgan fingerprint density at radius 3 is 2.15 bits per heavy atom. The summed E-state index contributed by atoms with van der Waals surface area (Å²) in [5.74, 6) is -0.559. The molecule has 0 bridgehead atoms. The minimum atomic E-state index is -0.484. The molecule has 1 aromatic heterocycles. The number of hydrogen-bond donors (Lipinski definition) is 2. The fourth-order valence-corrected chi connectivity index (χ4v) is 4.56. The van der Waals surface area contributed by atoms with Crippen LogP contribution in [0.4, 0.5) is 17.1 Å². The van der Waals surface area contributed by atoms with Gasteiger partial charge in [0.15, 0.2) is 0 Å². The average molecular weight is 459 g/mol. The molecule has 0 aliphatic carbocycles. The molecular weight excluding hydrogens is 432 g/mol. The Kier molecular flexibility index (Phi) is 5.45. The highest BCUT2D eigenvalue weighted by Gasteiger charge is 2.28. The summed E-state index contributed by atoms with van der Waals surface area (Å²) in [6.45, 7) is 2.48. The molecule has 0 atom stereocenters. The van der Waals surface area contributed by atoms with Crippen LogP contribution < -0.4 is 16.0 Å². The molecule has 0 radical (unpaired) electrons. The molecule has 9 heteroatoms. The fraction of sp³-hybridized carbons (Fsp3) is 0.240. The lowest BCUT2D eigenvalue weighted by Crippen LogP contribution is -2.50. The van der Waals surface area contributed by atoms with Crippen molar-refractivity contribution >= 4 is 34.8 Å². The number of anilines is 3. The molecule has 3 aromatic rings. The van der Waals surface area contributed by atoms with Crippen molar-refractivity contribution in [1.82, 2.24) is 14.4 Å². The predicted octanol–water partition coefficient (Wildman–Crippen LogP) is 2.24. The van der Waals surface area contributed by atoms with Gasteiger partial charge in [-0.1, -0.05) is 6.07 Å². The molecule has 9 nitrogen and oxygen atoms in total. The molecule has 34 heavy (non-hydrogen) atoms. The van der Waals surface area contributed by atoms with Crippen molar-refractivity contribution in [2.24, 2.45) is 12.8 Å². The third-order valence-electron chi connectivity index (χ3n) is 6.44. The van der Waals surface area contributed by atoms with Gasteiger partial charge in [0.1, 0.15) is 5.69 Å². The Labute approximate surface area is 197 Å². The van der Waals surface area contributed by atoms with Gasteiger partial charge in [-0.05, 0) is 48.5 Å². The van der Waals surface area contributed by atoms with Crippen LogP contribution in [-0.2, 0) is 7.05 Å². The van der Waals surface area contributed by atoms with Crippen LogP contribution in [-0.4, -0.2) is 64.9 Å². The summed E-state index contributed by atoms with van der Waals surface area (Å²) >= 11 is 0. The first kappa shape index (κ1) is 21.6. The second kappa shape index (κ2) is 8.58.